The number of hydrogen-bond acceptors (Lipinski definition) is 6. The number of hydrogen-bond donors (Lipinski definition) is 1. The van der Waals surface area contributed by atoms with Crippen molar-refractivity contribution >= 4 is 28.3 Å². The Bertz CT molecular complexity index is 1770. The first-order chi connectivity index (χ1) is 21.9. The van der Waals surface area contributed by atoms with Crippen molar-refractivity contribution in [2.24, 2.45) is 7.05 Å². The summed E-state index contributed by atoms with van der Waals surface area (Å²) in [6.07, 6.45) is 7.31. The number of nitrogens with one attached hydrogen (secondary N) is 1. The van der Waals surface area contributed by atoms with Crippen LogP contribution >= 0.6 is 0 Å². The van der Waals surface area contributed by atoms with Crippen LogP contribution in [0, 0.1) is 0 Å². The van der Waals surface area contributed by atoms with Crippen LogP contribution in [0.3, 0.4) is 0 Å². The summed E-state index contributed by atoms with van der Waals surface area (Å²) < 4.78 is 34.0. The third kappa shape index (κ3) is 4.82. The van der Waals surface area contributed by atoms with E-state index < -0.39 is 6.43 Å². The minimum atomic E-state index is -2.64. The quantitative estimate of drug-likeness (QED) is 0.342. The second kappa shape index (κ2) is 11.2. The summed E-state index contributed by atoms with van der Waals surface area (Å²) in [5.41, 5.74) is 6.44. The predicted molar refractivity (Wildman–Crippen MR) is 170 cm³/mol. The first-order valence-corrected chi connectivity index (χ1v) is 16.3. The fourth-order valence-corrected chi connectivity index (χ4v) is 7.98. The summed E-state index contributed by atoms with van der Waals surface area (Å²) in [7, 11) is 1.94. The highest BCUT2D eigenvalue weighted by Crippen LogP contribution is 2.45. The topological polar surface area (TPSA) is 74.5 Å². The number of likely N-dealkylation sites (tertiary alicyclic amines) is 1. The van der Waals surface area contributed by atoms with Crippen molar-refractivity contribution in [3.05, 3.63) is 59.2 Å². The molecule has 2 saturated heterocycles. The number of fused-ring (bicyclic) bond motifs is 3. The third-order valence-electron chi connectivity index (χ3n) is 10.6. The van der Waals surface area contributed by atoms with Gasteiger partial charge in [0.15, 0.2) is 5.82 Å². The van der Waals surface area contributed by atoms with Gasteiger partial charge in [0.25, 0.3) is 6.43 Å². The molecular formula is C34H40F2N8O. The summed E-state index contributed by atoms with van der Waals surface area (Å²) >= 11 is 0. The average molecular weight is 615 g/mol. The zero-order valence-electron chi connectivity index (χ0n) is 26.0. The lowest BCUT2D eigenvalue weighted by Gasteiger charge is -2.42. The van der Waals surface area contributed by atoms with Crippen LogP contribution in [0.2, 0.25) is 0 Å². The number of benzene rings is 1. The molecule has 0 spiro atoms. The molecule has 0 atom stereocenters. The molecule has 3 aromatic heterocycles. The highest BCUT2D eigenvalue weighted by Gasteiger charge is 2.36. The van der Waals surface area contributed by atoms with Gasteiger partial charge in [-0.25, -0.2) is 8.78 Å². The molecule has 1 amide bonds. The van der Waals surface area contributed by atoms with Crippen LogP contribution in [0.1, 0.15) is 61.0 Å². The number of piperidine rings is 1. The van der Waals surface area contributed by atoms with Gasteiger partial charge in [0.05, 0.1) is 18.1 Å². The number of rotatable bonds is 5. The number of aryl methyl sites for hydroxylation is 2. The maximum Gasteiger partial charge on any atom is 0.264 e. The van der Waals surface area contributed by atoms with Crippen molar-refractivity contribution in [1.82, 2.24) is 34.4 Å². The van der Waals surface area contributed by atoms with E-state index >= 15 is 0 Å². The molecule has 9 nitrogen and oxygen atoms in total. The number of nitrogens with zero attached hydrogens (tertiary/aromatic N) is 7. The number of alkyl halides is 2. The monoisotopic (exact) mass is 614 g/mol. The van der Waals surface area contributed by atoms with E-state index in [1.807, 2.05) is 34.8 Å². The van der Waals surface area contributed by atoms with E-state index in [9.17, 15) is 13.6 Å². The van der Waals surface area contributed by atoms with Crippen LogP contribution in [0.4, 0.5) is 20.3 Å². The van der Waals surface area contributed by atoms with Crippen LogP contribution in [0.5, 0.6) is 0 Å². The predicted octanol–water partition coefficient (Wildman–Crippen LogP) is 4.97. The highest BCUT2D eigenvalue weighted by molar-refractivity contribution is 5.97. The Morgan fingerprint density at radius 3 is 2.60 bits per heavy atom. The minimum Gasteiger partial charge on any atom is -0.350 e. The van der Waals surface area contributed by atoms with E-state index in [4.69, 9.17) is 5.10 Å². The van der Waals surface area contributed by atoms with Gasteiger partial charge in [-0.2, -0.15) is 5.10 Å². The number of amides is 1. The standard InChI is InChI=1S/C34H40F2N8O/c1-21(45)42-13-8-31-29(20-42)34(39-44(31)23-6-11-41(12-7-23)24-16-38-17-24)43-10-3-4-22-14-25(26(33(35)36)15-32(22)43)28-19-40(2)30-5-9-37-18-27(28)30/h5,9,14-15,18-19,23-24,33,38H,3-4,6-8,10-13,16-17,20H2,1-2H3. The highest BCUT2D eigenvalue weighted by atomic mass is 19.3. The van der Waals surface area contributed by atoms with Gasteiger partial charge in [0.2, 0.25) is 5.91 Å². The molecule has 0 radical (unpaired) electrons. The molecule has 4 aromatic rings. The Balaban J connectivity index is 1.20. The molecule has 0 aliphatic carbocycles. The second-order valence-electron chi connectivity index (χ2n) is 13.1. The Kier molecular flexibility index (Phi) is 7.13. The van der Waals surface area contributed by atoms with Gasteiger partial charge in [-0.1, -0.05) is 0 Å². The van der Waals surface area contributed by atoms with E-state index in [1.54, 1.807) is 25.4 Å². The minimum absolute atomic E-state index is 0.0218. The lowest BCUT2D eigenvalue weighted by atomic mass is 9.91. The summed E-state index contributed by atoms with van der Waals surface area (Å²) in [6.45, 7) is 7.74. The molecule has 236 valence electrons. The smallest absolute Gasteiger partial charge is 0.264 e. The number of carbonyl (C=O) groups is 1. The SMILES string of the molecule is CC(=O)N1CCc2c(c(N3CCCc4cc(-c5cn(C)c6ccncc56)c(C(F)F)cc43)nn2C2CCN(C3CNC3)CC2)C1. The lowest BCUT2D eigenvalue weighted by Crippen LogP contribution is -2.58. The molecule has 0 unspecified atom stereocenters. The van der Waals surface area contributed by atoms with E-state index in [1.165, 1.54) is 5.69 Å². The van der Waals surface area contributed by atoms with Crippen molar-refractivity contribution in [3.63, 3.8) is 0 Å². The first-order valence-electron chi connectivity index (χ1n) is 16.3. The van der Waals surface area contributed by atoms with Gasteiger partial charge in [0.1, 0.15) is 0 Å². The Hall–Kier alpha value is -3.83. The molecule has 45 heavy (non-hydrogen) atoms. The largest absolute Gasteiger partial charge is 0.350 e. The molecular weight excluding hydrogens is 574 g/mol. The van der Waals surface area contributed by atoms with Crippen LogP contribution in [-0.4, -0.2) is 80.3 Å². The Morgan fingerprint density at radius 1 is 1.04 bits per heavy atom. The van der Waals surface area contributed by atoms with Gasteiger partial charge in [0, 0.05) is 118 Å². The number of anilines is 2. The summed E-state index contributed by atoms with van der Waals surface area (Å²) in [5, 5.41) is 9.56. The van der Waals surface area contributed by atoms with E-state index in [2.05, 4.69) is 24.8 Å². The van der Waals surface area contributed by atoms with Crippen LogP contribution in [-0.2, 0) is 31.2 Å². The van der Waals surface area contributed by atoms with Gasteiger partial charge >= 0.3 is 0 Å². The van der Waals surface area contributed by atoms with Crippen molar-refractivity contribution < 1.29 is 13.6 Å². The maximum atomic E-state index is 14.9. The maximum absolute atomic E-state index is 14.9. The molecule has 0 bridgehead atoms. The molecule has 1 N–H and O–H groups in total. The second-order valence-corrected chi connectivity index (χ2v) is 13.1. The van der Waals surface area contributed by atoms with Gasteiger partial charge in [-0.15, -0.1) is 0 Å². The average Bonchev–Trinajstić information content (AvgIpc) is 3.57. The van der Waals surface area contributed by atoms with E-state index in [0.717, 1.165) is 97.4 Å². The molecule has 11 heteroatoms. The van der Waals surface area contributed by atoms with E-state index in [-0.39, 0.29) is 11.5 Å². The molecule has 0 saturated carbocycles. The molecule has 2 fully saturated rings. The normalized spacial score (nSPS) is 19.7. The fraction of sp³-hybridized carbons (Fsp3) is 0.500. The van der Waals surface area contributed by atoms with Crippen LogP contribution < -0.4 is 10.2 Å². The van der Waals surface area contributed by atoms with Crippen LogP contribution in [0.15, 0.2) is 36.8 Å². The van der Waals surface area contributed by atoms with E-state index in [0.29, 0.717) is 37.3 Å². The molecule has 4 aliphatic rings. The number of carbonyl (C=O) groups excluding carboxylic acids is 1. The Morgan fingerprint density at radius 2 is 1.87 bits per heavy atom. The van der Waals surface area contributed by atoms with Crippen LogP contribution in [0.25, 0.3) is 22.0 Å². The summed E-state index contributed by atoms with van der Waals surface area (Å²) in [6, 6.07) is 6.52. The number of aromatic nitrogens is 4. The molecule has 4 aliphatic heterocycles. The van der Waals surface area contributed by atoms with Gasteiger partial charge in [-0.3, -0.25) is 19.4 Å². The zero-order chi connectivity index (χ0) is 30.8. The van der Waals surface area contributed by atoms with Crippen molar-refractivity contribution in [2.75, 3.05) is 44.2 Å². The van der Waals surface area contributed by atoms with Gasteiger partial charge < -0.3 is 19.7 Å². The number of halogens is 2. The molecule has 1 aromatic carbocycles. The summed E-state index contributed by atoms with van der Waals surface area (Å²) in [4.78, 5) is 23.4. The molecule has 7 heterocycles. The zero-order valence-corrected chi connectivity index (χ0v) is 26.0. The van der Waals surface area contributed by atoms with Crippen molar-refractivity contribution in [2.45, 2.75) is 64.1 Å². The number of pyridine rings is 1. The molecule has 8 rings (SSSR count). The first kappa shape index (κ1) is 28.6. The van der Waals surface area contributed by atoms with Crippen molar-refractivity contribution in [1.29, 1.82) is 0 Å². The fourth-order valence-electron chi connectivity index (χ4n) is 7.98. The van der Waals surface area contributed by atoms with Gasteiger partial charge in [-0.05, 0) is 55.0 Å². The lowest BCUT2D eigenvalue weighted by molar-refractivity contribution is -0.129. The third-order valence-corrected chi connectivity index (χ3v) is 10.6. The Labute approximate surface area is 261 Å². The van der Waals surface area contributed by atoms with Crippen molar-refractivity contribution in [3.8, 4) is 11.1 Å². The summed E-state index contributed by atoms with van der Waals surface area (Å²) in [5.74, 6) is 0.875.